The number of aromatic nitrogens is 3. The molecule has 0 aliphatic carbocycles. The van der Waals surface area contributed by atoms with E-state index in [4.69, 9.17) is 4.42 Å². The van der Waals surface area contributed by atoms with Gasteiger partial charge in [0.1, 0.15) is 0 Å². The van der Waals surface area contributed by atoms with Gasteiger partial charge in [-0.05, 0) is 24.3 Å². The first-order valence-electron chi connectivity index (χ1n) is 7.11. The Morgan fingerprint density at radius 2 is 2.22 bits per heavy atom. The average Bonchev–Trinajstić information content (AvgIpc) is 3.14. The zero-order valence-electron chi connectivity index (χ0n) is 12.5. The van der Waals surface area contributed by atoms with Crippen LogP contribution >= 0.6 is 0 Å². The minimum atomic E-state index is -3.66. The minimum absolute atomic E-state index is 0.115. The predicted octanol–water partition coefficient (Wildman–Crippen LogP) is 1.03. The topological polar surface area (TPSA) is 101 Å². The second-order valence-electron chi connectivity index (χ2n) is 4.94. The molecular formula is C14H16N4O4S. The Balaban J connectivity index is 1.88. The maximum atomic E-state index is 12.7. The summed E-state index contributed by atoms with van der Waals surface area (Å²) in [6.45, 7) is 2.88. The first kappa shape index (κ1) is 15.5. The van der Waals surface area contributed by atoms with E-state index in [0.717, 1.165) is 0 Å². The van der Waals surface area contributed by atoms with Crippen LogP contribution in [0.5, 0.6) is 0 Å². The molecule has 0 spiro atoms. The van der Waals surface area contributed by atoms with Crippen LogP contribution in [-0.4, -0.2) is 40.6 Å². The van der Waals surface area contributed by atoms with Crippen molar-refractivity contribution in [2.24, 2.45) is 0 Å². The van der Waals surface area contributed by atoms with Crippen molar-refractivity contribution in [2.45, 2.75) is 18.4 Å². The van der Waals surface area contributed by atoms with Gasteiger partial charge in [0.15, 0.2) is 5.58 Å². The molecule has 0 fully saturated rings. The summed E-state index contributed by atoms with van der Waals surface area (Å²) in [5, 5.41) is 4.06. The summed E-state index contributed by atoms with van der Waals surface area (Å²) in [5.74, 6) is -0.611. The molecule has 23 heavy (non-hydrogen) atoms. The predicted molar refractivity (Wildman–Crippen MR) is 83.5 cm³/mol. The number of hydrogen-bond donors (Lipinski definition) is 1. The number of H-pyrrole nitrogens is 1. The van der Waals surface area contributed by atoms with Gasteiger partial charge >= 0.3 is 5.76 Å². The van der Waals surface area contributed by atoms with Gasteiger partial charge in [-0.15, -0.1) is 0 Å². The van der Waals surface area contributed by atoms with E-state index in [0.29, 0.717) is 30.7 Å². The van der Waals surface area contributed by atoms with Crippen LogP contribution in [0.15, 0.2) is 50.8 Å². The number of fused-ring (bicyclic) bond motifs is 1. The molecular weight excluding hydrogens is 320 g/mol. The monoisotopic (exact) mass is 336 g/mol. The van der Waals surface area contributed by atoms with E-state index in [2.05, 4.69) is 10.1 Å². The molecule has 9 heteroatoms. The molecule has 1 aromatic carbocycles. The lowest BCUT2D eigenvalue weighted by atomic mass is 10.3. The molecule has 3 aromatic rings. The second kappa shape index (κ2) is 6.01. The van der Waals surface area contributed by atoms with Crippen molar-refractivity contribution < 1.29 is 12.8 Å². The quantitative estimate of drug-likeness (QED) is 0.724. The van der Waals surface area contributed by atoms with Crippen LogP contribution in [0, 0.1) is 0 Å². The molecule has 0 radical (unpaired) electrons. The lowest BCUT2D eigenvalue weighted by Gasteiger charge is -2.20. The van der Waals surface area contributed by atoms with Crippen molar-refractivity contribution in [3.63, 3.8) is 0 Å². The van der Waals surface area contributed by atoms with E-state index in [1.54, 1.807) is 30.1 Å². The smallest absolute Gasteiger partial charge is 0.408 e. The van der Waals surface area contributed by atoms with Gasteiger partial charge in [-0.2, -0.15) is 9.40 Å². The highest BCUT2D eigenvalue weighted by atomic mass is 32.2. The van der Waals surface area contributed by atoms with Gasteiger partial charge in [-0.3, -0.25) is 9.67 Å². The van der Waals surface area contributed by atoms with Crippen LogP contribution in [0.4, 0.5) is 0 Å². The van der Waals surface area contributed by atoms with Crippen molar-refractivity contribution >= 4 is 21.1 Å². The van der Waals surface area contributed by atoms with Gasteiger partial charge in [0.2, 0.25) is 10.0 Å². The molecule has 2 heterocycles. The molecule has 0 saturated heterocycles. The normalized spacial score (nSPS) is 12.3. The van der Waals surface area contributed by atoms with Crippen molar-refractivity contribution in [2.75, 3.05) is 13.1 Å². The van der Waals surface area contributed by atoms with Crippen LogP contribution in [-0.2, 0) is 16.6 Å². The Morgan fingerprint density at radius 1 is 1.39 bits per heavy atom. The first-order valence-corrected chi connectivity index (χ1v) is 8.55. The third-order valence-corrected chi connectivity index (χ3v) is 5.49. The summed E-state index contributed by atoms with van der Waals surface area (Å²) in [5.41, 5.74) is 0.688. The molecule has 0 atom stereocenters. The maximum Gasteiger partial charge on any atom is 0.417 e. The van der Waals surface area contributed by atoms with E-state index in [-0.39, 0.29) is 4.90 Å². The fourth-order valence-corrected chi connectivity index (χ4v) is 3.80. The summed E-state index contributed by atoms with van der Waals surface area (Å²) in [6.07, 6.45) is 3.43. The molecule has 0 saturated carbocycles. The average molecular weight is 336 g/mol. The van der Waals surface area contributed by atoms with Crippen LogP contribution in [0.1, 0.15) is 6.92 Å². The second-order valence-corrected chi connectivity index (χ2v) is 6.88. The Morgan fingerprint density at radius 3 is 2.91 bits per heavy atom. The highest BCUT2D eigenvalue weighted by Gasteiger charge is 2.23. The van der Waals surface area contributed by atoms with Crippen molar-refractivity contribution in [1.29, 1.82) is 0 Å². The number of aromatic amines is 1. The number of likely N-dealkylation sites (N-methyl/N-ethyl adjacent to an activating group) is 1. The fourth-order valence-electron chi connectivity index (χ4n) is 2.34. The van der Waals surface area contributed by atoms with Crippen LogP contribution in [0.2, 0.25) is 0 Å². The first-order chi connectivity index (χ1) is 11.0. The molecule has 0 unspecified atom stereocenters. The highest BCUT2D eigenvalue weighted by molar-refractivity contribution is 7.89. The number of nitrogens with one attached hydrogen (secondary N) is 1. The lowest BCUT2D eigenvalue weighted by molar-refractivity contribution is 0.397. The van der Waals surface area contributed by atoms with Crippen LogP contribution < -0.4 is 5.76 Å². The molecule has 0 bridgehead atoms. The number of oxazole rings is 1. The molecule has 3 rings (SSSR count). The summed E-state index contributed by atoms with van der Waals surface area (Å²) in [4.78, 5) is 13.8. The zero-order chi connectivity index (χ0) is 16.4. The Bertz CT molecular complexity index is 956. The Kier molecular flexibility index (Phi) is 4.05. The van der Waals surface area contributed by atoms with Crippen LogP contribution in [0.3, 0.4) is 0 Å². The standard InChI is InChI=1S/C14H16N4O4S/c1-2-18(9-8-17-7-3-6-15-17)23(20,21)11-4-5-13-12(10-11)16-14(19)22-13/h3-7,10H,2,8-9H2,1H3,(H,16,19). The van der Waals surface area contributed by atoms with Gasteiger partial charge in [-0.1, -0.05) is 6.92 Å². The number of hydrogen-bond acceptors (Lipinski definition) is 5. The van der Waals surface area contributed by atoms with Gasteiger partial charge in [0.05, 0.1) is 17.0 Å². The Hall–Kier alpha value is -2.39. The van der Waals surface area contributed by atoms with Crippen LogP contribution in [0.25, 0.3) is 11.1 Å². The molecule has 0 aliphatic heterocycles. The number of benzene rings is 1. The van der Waals surface area contributed by atoms with E-state index in [9.17, 15) is 13.2 Å². The molecule has 2 aromatic heterocycles. The highest BCUT2D eigenvalue weighted by Crippen LogP contribution is 2.20. The van der Waals surface area contributed by atoms with Crippen molar-refractivity contribution in [3.05, 3.63) is 47.2 Å². The summed E-state index contributed by atoms with van der Waals surface area (Å²) in [6, 6.07) is 6.10. The maximum absolute atomic E-state index is 12.7. The Labute approximate surface area is 132 Å². The summed E-state index contributed by atoms with van der Waals surface area (Å²) >= 11 is 0. The molecule has 8 nitrogen and oxygen atoms in total. The van der Waals surface area contributed by atoms with Gasteiger partial charge in [-0.25, -0.2) is 13.2 Å². The third-order valence-electron chi connectivity index (χ3n) is 3.52. The third kappa shape index (κ3) is 3.06. The molecule has 0 aliphatic rings. The van der Waals surface area contributed by atoms with Crippen molar-refractivity contribution in [3.8, 4) is 0 Å². The van der Waals surface area contributed by atoms with Gasteiger partial charge < -0.3 is 4.42 Å². The largest absolute Gasteiger partial charge is 0.417 e. The van der Waals surface area contributed by atoms with Gasteiger partial charge in [0.25, 0.3) is 0 Å². The van der Waals surface area contributed by atoms with E-state index >= 15 is 0 Å². The zero-order valence-corrected chi connectivity index (χ0v) is 13.3. The number of rotatable bonds is 6. The fraction of sp³-hybridized carbons (Fsp3) is 0.286. The number of nitrogens with zero attached hydrogens (tertiary/aromatic N) is 3. The summed E-state index contributed by atoms with van der Waals surface area (Å²) < 4.78 is 33.4. The minimum Gasteiger partial charge on any atom is -0.408 e. The summed E-state index contributed by atoms with van der Waals surface area (Å²) in [7, 11) is -3.66. The molecule has 122 valence electrons. The van der Waals surface area contributed by atoms with E-state index in [1.165, 1.54) is 22.5 Å². The molecule has 1 N–H and O–H groups in total. The van der Waals surface area contributed by atoms with E-state index in [1.807, 2.05) is 0 Å². The van der Waals surface area contributed by atoms with Crippen molar-refractivity contribution in [1.82, 2.24) is 19.1 Å². The SMILES string of the molecule is CCN(CCn1cccn1)S(=O)(=O)c1ccc2oc(=O)[nH]c2c1. The number of sulfonamides is 1. The molecule has 0 amide bonds. The van der Waals surface area contributed by atoms with E-state index < -0.39 is 15.8 Å². The lowest BCUT2D eigenvalue weighted by Crippen LogP contribution is -2.33. The van der Waals surface area contributed by atoms with Gasteiger partial charge in [0, 0.05) is 25.5 Å².